The van der Waals surface area contributed by atoms with Crippen molar-refractivity contribution in [2.24, 2.45) is 0 Å². The third-order valence-corrected chi connectivity index (χ3v) is 3.58. The molecule has 118 valence electrons. The van der Waals surface area contributed by atoms with Crippen LogP contribution in [0.2, 0.25) is 10.0 Å². The third-order valence-electron chi connectivity index (χ3n) is 3.07. The van der Waals surface area contributed by atoms with Gasteiger partial charge in [-0.3, -0.25) is 4.79 Å². The van der Waals surface area contributed by atoms with Crippen LogP contribution >= 0.6 is 23.2 Å². The highest BCUT2D eigenvalue weighted by molar-refractivity contribution is 6.30. The smallest absolute Gasteiger partial charge is 0.331 e. The van der Waals surface area contributed by atoms with Crippen LogP contribution in [0.15, 0.2) is 54.6 Å². The minimum Gasteiger partial charge on any atom is -0.451 e. The van der Waals surface area contributed by atoms with Crippen LogP contribution in [0.3, 0.4) is 0 Å². The predicted molar refractivity (Wildman–Crippen MR) is 91.8 cm³/mol. The second-order valence-electron chi connectivity index (χ2n) is 4.84. The van der Waals surface area contributed by atoms with Crippen LogP contribution in [0.4, 0.5) is 0 Å². The van der Waals surface area contributed by atoms with E-state index in [1.165, 1.54) is 13.0 Å². The average molecular weight is 349 g/mol. The standard InChI is InChI=1S/C18H14Cl2O3/c1-12(18(22)14-5-9-16(20)10-6-14)23-17(21)11-4-13-2-7-15(19)8-3-13/h2-12H,1H3/b11-4+/t12-/m0/s1. The van der Waals surface area contributed by atoms with Crippen LogP contribution in [0.25, 0.3) is 6.08 Å². The highest BCUT2D eigenvalue weighted by atomic mass is 35.5. The minimum atomic E-state index is -0.876. The van der Waals surface area contributed by atoms with Crippen LogP contribution in [0.1, 0.15) is 22.8 Å². The van der Waals surface area contributed by atoms with Gasteiger partial charge in [0.05, 0.1) is 0 Å². The van der Waals surface area contributed by atoms with Gasteiger partial charge in [-0.25, -0.2) is 4.79 Å². The lowest BCUT2D eigenvalue weighted by Gasteiger charge is -2.10. The van der Waals surface area contributed by atoms with Gasteiger partial charge in [-0.05, 0) is 55.0 Å². The molecular formula is C18H14Cl2O3. The van der Waals surface area contributed by atoms with Gasteiger partial charge in [0, 0.05) is 21.7 Å². The summed E-state index contributed by atoms with van der Waals surface area (Å²) in [6, 6.07) is 13.4. The first kappa shape index (κ1) is 17.3. The molecule has 0 spiro atoms. The molecule has 0 bridgehead atoms. The Morgan fingerprint density at radius 3 is 2.04 bits per heavy atom. The first-order valence-electron chi connectivity index (χ1n) is 6.90. The summed E-state index contributed by atoms with van der Waals surface area (Å²) >= 11 is 11.6. The number of Topliss-reactive ketones (excluding diaryl/α,β-unsaturated/α-hetero) is 1. The molecule has 0 radical (unpaired) electrons. The monoisotopic (exact) mass is 348 g/mol. The molecule has 0 aliphatic carbocycles. The lowest BCUT2D eigenvalue weighted by atomic mass is 10.1. The molecule has 0 aliphatic rings. The van der Waals surface area contributed by atoms with E-state index in [9.17, 15) is 9.59 Å². The van der Waals surface area contributed by atoms with Crippen LogP contribution in [0.5, 0.6) is 0 Å². The molecule has 0 unspecified atom stereocenters. The average Bonchev–Trinajstić information content (AvgIpc) is 2.54. The number of hydrogen-bond acceptors (Lipinski definition) is 3. The number of rotatable bonds is 5. The van der Waals surface area contributed by atoms with Gasteiger partial charge in [0.1, 0.15) is 0 Å². The second kappa shape index (κ2) is 7.95. The molecule has 0 amide bonds. The van der Waals surface area contributed by atoms with Gasteiger partial charge in [-0.2, -0.15) is 0 Å². The van der Waals surface area contributed by atoms with Crippen LogP contribution in [0, 0.1) is 0 Å². The molecule has 1 atom stereocenters. The number of carbonyl (C=O) groups excluding carboxylic acids is 2. The Morgan fingerprint density at radius 1 is 0.957 bits per heavy atom. The highest BCUT2D eigenvalue weighted by Gasteiger charge is 2.18. The molecule has 0 N–H and O–H groups in total. The van der Waals surface area contributed by atoms with E-state index in [2.05, 4.69) is 0 Å². The molecule has 0 saturated heterocycles. The van der Waals surface area contributed by atoms with Gasteiger partial charge in [0.15, 0.2) is 6.10 Å². The molecule has 23 heavy (non-hydrogen) atoms. The maximum atomic E-state index is 12.1. The van der Waals surface area contributed by atoms with Crippen molar-refractivity contribution >= 4 is 41.0 Å². The zero-order chi connectivity index (χ0) is 16.8. The van der Waals surface area contributed by atoms with Crippen LogP contribution in [-0.2, 0) is 9.53 Å². The molecule has 3 nitrogen and oxygen atoms in total. The van der Waals surface area contributed by atoms with E-state index in [4.69, 9.17) is 27.9 Å². The lowest BCUT2D eigenvalue weighted by Crippen LogP contribution is -2.23. The summed E-state index contributed by atoms with van der Waals surface area (Å²) in [5.74, 6) is -0.871. The van der Waals surface area contributed by atoms with Crippen molar-refractivity contribution in [3.63, 3.8) is 0 Å². The molecule has 0 heterocycles. The van der Waals surface area contributed by atoms with Gasteiger partial charge in [0.2, 0.25) is 5.78 Å². The molecule has 0 saturated carbocycles. The predicted octanol–water partition coefficient (Wildman–Crippen LogP) is 4.82. The summed E-state index contributed by atoms with van der Waals surface area (Å²) in [4.78, 5) is 23.9. The van der Waals surface area contributed by atoms with Crippen LogP contribution < -0.4 is 0 Å². The molecule has 2 rings (SSSR count). The molecule has 0 aromatic heterocycles. The van der Waals surface area contributed by atoms with Crippen molar-refractivity contribution in [2.45, 2.75) is 13.0 Å². The number of esters is 1. The first-order chi connectivity index (χ1) is 11.0. The number of benzene rings is 2. The normalized spacial score (nSPS) is 12.1. The van der Waals surface area contributed by atoms with E-state index >= 15 is 0 Å². The number of ether oxygens (including phenoxy) is 1. The Kier molecular flexibility index (Phi) is 5.97. The zero-order valence-corrected chi connectivity index (χ0v) is 13.8. The topological polar surface area (TPSA) is 43.4 Å². The Labute approximate surface area is 144 Å². The highest BCUT2D eigenvalue weighted by Crippen LogP contribution is 2.13. The Hall–Kier alpha value is -2.10. The van der Waals surface area contributed by atoms with Crippen LogP contribution in [-0.4, -0.2) is 17.9 Å². The fourth-order valence-corrected chi connectivity index (χ4v) is 2.11. The quantitative estimate of drug-likeness (QED) is 0.442. The van der Waals surface area contributed by atoms with E-state index in [0.717, 1.165) is 5.56 Å². The van der Waals surface area contributed by atoms with Crippen molar-refractivity contribution in [2.75, 3.05) is 0 Å². The zero-order valence-electron chi connectivity index (χ0n) is 12.3. The third kappa shape index (κ3) is 5.23. The van der Waals surface area contributed by atoms with E-state index in [1.807, 2.05) is 0 Å². The summed E-state index contributed by atoms with van der Waals surface area (Å²) in [6.45, 7) is 1.53. The van der Waals surface area contributed by atoms with Gasteiger partial charge >= 0.3 is 5.97 Å². The van der Waals surface area contributed by atoms with Crippen molar-refractivity contribution in [3.05, 3.63) is 75.8 Å². The summed E-state index contributed by atoms with van der Waals surface area (Å²) in [5, 5.41) is 1.16. The molecular weight excluding hydrogens is 335 g/mol. The van der Waals surface area contributed by atoms with Crippen molar-refractivity contribution in [1.82, 2.24) is 0 Å². The Bertz CT molecular complexity index is 719. The molecule has 0 fully saturated rings. The largest absolute Gasteiger partial charge is 0.451 e. The minimum absolute atomic E-state index is 0.282. The SMILES string of the molecule is C[C@H](OC(=O)/C=C/c1ccc(Cl)cc1)C(=O)c1ccc(Cl)cc1. The molecule has 2 aromatic carbocycles. The first-order valence-corrected chi connectivity index (χ1v) is 7.65. The lowest BCUT2D eigenvalue weighted by molar-refractivity contribution is -0.140. The maximum Gasteiger partial charge on any atom is 0.331 e. The van der Waals surface area contributed by atoms with Crippen molar-refractivity contribution < 1.29 is 14.3 Å². The summed E-state index contributed by atoms with van der Waals surface area (Å²) < 4.78 is 5.11. The van der Waals surface area contributed by atoms with Gasteiger partial charge in [-0.15, -0.1) is 0 Å². The number of ketones is 1. The fraction of sp³-hybridized carbons (Fsp3) is 0.111. The number of hydrogen-bond donors (Lipinski definition) is 0. The molecule has 5 heteroatoms. The number of carbonyl (C=O) groups is 2. The fourth-order valence-electron chi connectivity index (χ4n) is 1.85. The summed E-state index contributed by atoms with van der Waals surface area (Å²) in [7, 11) is 0. The van der Waals surface area contributed by atoms with Crippen molar-refractivity contribution in [1.29, 1.82) is 0 Å². The molecule has 2 aromatic rings. The Balaban J connectivity index is 1.95. The van der Waals surface area contributed by atoms with Gasteiger partial charge < -0.3 is 4.74 Å². The summed E-state index contributed by atoms with van der Waals surface area (Å²) in [5.41, 5.74) is 1.25. The van der Waals surface area contributed by atoms with E-state index in [1.54, 1.807) is 54.6 Å². The van der Waals surface area contributed by atoms with E-state index in [0.29, 0.717) is 15.6 Å². The van der Waals surface area contributed by atoms with Crippen molar-refractivity contribution in [3.8, 4) is 0 Å². The molecule has 0 aliphatic heterocycles. The summed E-state index contributed by atoms with van der Waals surface area (Å²) in [6.07, 6.45) is 1.99. The maximum absolute atomic E-state index is 12.1. The van der Waals surface area contributed by atoms with E-state index in [-0.39, 0.29) is 5.78 Å². The van der Waals surface area contributed by atoms with Gasteiger partial charge in [0.25, 0.3) is 0 Å². The second-order valence-corrected chi connectivity index (χ2v) is 5.71. The van der Waals surface area contributed by atoms with Gasteiger partial charge in [-0.1, -0.05) is 35.3 Å². The van der Waals surface area contributed by atoms with E-state index < -0.39 is 12.1 Å². The number of halogens is 2. The Morgan fingerprint density at radius 2 is 1.48 bits per heavy atom.